The number of rotatable bonds is 1. The molecule has 0 aliphatic carbocycles. The zero-order chi connectivity index (χ0) is 11.9. The third-order valence-corrected chi connectivity index (χ3v) is 4.73. The zero-order valence-corrected chi connectivity index (χ0v) is 9.99. The molecule has 0 aromatic heterocycles. The van der Waals surface area contributed by atoms with E-state index in [1.54, 1.807) is 32.0 Å². The number of ketones is 1. The number of carbonyl (C=O) groups is 1. The van der Waals surface area contributed by atoms with Crippen LogP contribution in [0.15, 0.2) is 29.2 Å². The van der Waals surface area contributed by atoms with Gasteiger partial charge in [-0.05, 0) is 26.0 Å². The summed E-state index contributed by atoms with van der Waals surface area (Å²) in [5.41, 5.74) is 0.305. The largest absolute Gasteiger partial charge is 0.293 e. The summed E-state index contributed by atoms with van der Waals surface area (Å²) < 4.78 is 25.6. The summed E-state index contributed by atoms with van der Waals surface area (Å²) in [7, 11) is -3.50. The molecular weight excluding hydrogens is 226 g/mol. The number of Topliss-reactive ketones (excluding diaryl/α,β-unsaturated/α-hetero) is 1. The highest BCUT2D eigenvalue weighted by Gasteiger charge is 2.36. The lowest BCUT2D eigenvalue weighted by atomic mass is 10.1. The molecule has 0 bridgehead atoms. The van der Waals surface area contributed by atoms with Crippen LogP contribution in [0.5, 0.6) is 0 Å². The number of sulfonamides is 1. The van der Waals surface area contributed by atoms with E-state index in [0.717, 1.165) is 0 Å². The number of hydrogen-bond donors (Lipinski definition) is 0. The Morgan fingerprint density at radius 1 is 1.25 bits per heavy atom. The first-order chi connectivity index (χ1) is 7.44. The second-order valence-electron chi connectivity index (χ2n) is 4.06. The molecule has 1 heterocycles. The van der Waals surface area contributed by atoms with Crippen molar-refractivity contribution in [1.82, 2.24) is 4.31 Å². The molecule has 2 rings (SSSR count). The number of benzene rings is 1. The Labute approximate surface area is 94.9 Å². The van der Waals surface area contributed by atoms with E-state index in [0.29, 0.717) is 5.56 Å². The Hall–Kier alpha value is -1.20. The fraction of sp³-hybridized carbons (Fsp3) is 0.364. The van der Waals surface area contributed by atoms with Gasteiger partial charge in [0, 0.05) is 11.6 Å². The Balaban J connectivity index is 2.66. The van der Waals surface area contributed by atoms with E-state index in [1.165, 1.54) is 10.4 Å². The fourth-order valence-electron chi connectivity index (χ4n) is 1.82. The lowest BCUT2D eigenvalue weighted by Gasteiger charge is -2.29. The topological polar surface area (TPSA) is 54.5 Å². The average molecular weight is 239 g/mol. The maximum absolute atomic E-state index is 12.2. The van der Waals surface area contributed by atoms with Gasteiger partial charge in [0.1, 0.15) is 0 Å². The van der Waals surface area contributed by atoms with Gasteiger partial charge < -0.3 is 0 Å². The molecule has 0 N–H and O–H groups in total. The minimum Gasteiger partial charge on any atom is -0.293 e. The highest BCUT2D eigenvalue weighted by atomic mass is 32.2. The molecule has 0 spiro atoms. The summed E-state index contributed by atoms with van der Waals surface area (Å²) in [6.07, 6.45) is 0. The summed E-state index contributed by atoms with van der Waals surface area (Å²) in [5.74, 6) is -0.140. The van der Waals surface area contributed by atoms with Crippen molar-refractivity contribution in [2.45, 2.75) is 24.8 Å². The molecule has 0 amide bonds. The van der Waals surface area contributed by atoms with Crippen LogP contribution < -0.4 is 0 Å². The van der Waals surface area contributed by atoms with Gasteiger partial charge in [-0.1, -0.05) is 12.1 Å². The highest BCUT2D eigenvalue weighted by Crippen LogP contribution is 2.27. The van der Waals surface area contributed by atoms with Crippen molar-refractivity contribution in [1.29, 1.82) is 0 Å². The van der Waals surface area contributed by atoms with Crippen LogP contribution in [0.3, 0.4) is 0 Å². The Kier molecular flexibility index (Phi) is 2.59. The number of carbonyl (C=O) groups excluding carboxylic acids is 1. The minimum absolute atomic E-state index is 0.0585. The predicted molar refractivity (Wildman–Crippen MR) is 59.8 cm³/mol. The summed E-state index contributed by atoms with van der Waals surface area (Å²) in [4.78, 5) is 11.9. The van der Waals surface area contributed by atoms with Gasteiger partial charge >= 0.3 is 0 Å². The Morgan fingerprint density at radius 3 is 2.50 bits per heavy atom. The molecule has 0 atom stereocenters. The molecule has 0 unspecified atom stereocenters. The van der Waals surface area contributed by atoms with Gasteiger partial charge in [-0.15, -0.1) is 0 Å². The van der Waals surface area contributed by atoms with E-state index >= 15 is 0 Å². The Bertz CT molecular complexity index is 534. The predicted octanol–water partition coefficient (Wildman–Crippen LogP) is 1.28. The zero-order valence-electron chi connectivity index (χ0n) is 9.17. The van der Waals surface area contributed by atoms with E-state index in [1.807, 2.05) is 0 Å². The van der Waals surface area contributed by atoms with Gasteiger partial charge in [0.05, 0.1) is 11.4 Å². The summed E-state index contributed by atoms with van der Waals surface area (Å²) in [5, 5.41) is 0. The van der Waals surface area contributed by atoms with Crippen molar-refractivity contribution < 1.29 is 13.2 Å². The lowest BCUT2D eigenvalue weighted by molar-refractivity contribution is 0.0946. The number of nitrogens with zero attached hydrogens (tertiary/aromatic N) is 1. The third-order valence-electron chi connectivity index (χ3n) is 2.65. The van der Waals surface area contributed by atoms with Gasteiger partial charge in [0.25, 0.3) is 0 Å². The Morgan fingerprint density at radius 2 is 1.88 bits per heavy atom. The molecule has 1 aromatic rings. The number of fused-ring (bicyclic) bond motifs is 1. The molecule has 5 heteroatoms. The second-order valence-corrected chi connectivity index (χ2v) is 5.92. The van der Waals surface area contributed by atoms with Crippen LogP contribution in [0, 0.1) is 0 Å². The van der Waals surface area contributed by atoms with Crippen molar-refractivity contribution in [3.05, 3.63) is 29.8 Å². The molecule has 86 valence electrons. The van der Waals surface area contributed by atoms with Gasteiger partial charge in [-0.2, -0.15) is 4.31 Å². The molecule has 4 nitrogen and oxygen atoms in total. The lowest BCUT2D eigenvalue weighted by Crippen LogP contribution is -2.44. The molecule has 16 heavy (non-hydrogen) atoms. The summed E-state index contributed by atoms with van der Waals surface area (Å²) in [6, 6.07) is 6.15. The van der Waals surface area contributed by atoms with Crippen LogP contribution in [0.2, 0.25) is 0 Å². The monoisotopic (exact) mass is 239 g/mol. The highest BCUT2D eigenvalue weighted by molar-refractivity contribution is 7.89. The summed E-state index contributed by atoms with van der Waals surface area (Å²) >= 11 is 0. The fourth-order valence-corrected chi connectivity index (χ4v) is 3.63. The third kappa shape index (κ3) is 1.56. The first-order valence-corrected chi connectivity index (χ1v) is 6.52. The minimum atomic E-state index is -3.50. The maximum Gasteiger partial charge on any atom is 0.244 e. The molecule has 1 aliphatic rings. The van der Waals surface area contributed by atoms with Crippen LogP contribution in [-0.4, -0.2) is 31.1 Å². The molecule has 1 aliphatic heterocycles. The first-order valence-electron chi connectivity index (χ1n) is 5.08. The molecular formula is C11H13NO3S. The van der Waals surface area contributed by atoms with Crippen LogP contribution >= 0.6 is 0 Å². The maximum atomic E-state index is 12.2. The van der Waals surface area contributed by atoms with E-state index in [4.69, 9.17) is 0 Å². The quantitative estimate of drug-likeness (QED) is 0.742. The molecule has 1 aromatic carbocycles. The van der Waals surface area contributed by atoms with Crippen LogP contribution in [0.4, 0.5) is 0 Å². The van der Waals surface area contributed by atoms with Crippen LogP contribution in [0.25, 0.3) is 0 Å². The van der Waals surface area contributed by atoms with Gasteiger partial charge in [0.2, 0.25) is 10.0 Å². The van der Waals surface area contributed by atoms with Gasteiger partial charge in [0.15, 0.2) is 5.78 Å². The van der Waals surface area contributed by atoms with Crippen LogP contribution in [0.1, 0.15) is 24.2 Å². The van der Waals surface area contributed by atoms with E-state index < -0.39 is 10.0 Å². The van der Waals surface area contributed by atoms with Crippen LogP contribution in [-0.2, 0) is 10.0 Å². The van der Waals surface area contributed by atoms with Crippen molar-refractivity contribution in [3.63, 3.8) is 0 Å². The van der Waals surface area contributed by atoms with Gasteiger partial charge in [-0.25, -0.2) is 8.42 Å². The van der Waals surface area contributed by atoms with Gasteiger partial charge in [-0.3, -0.25) is 4.79 Å². The van der Waals surface area contributed by atoms with Crippen molar-refractivity contribution in [2.75, 3.05) is 6.54 Å². The molecule has 0 saturated heterocycles. The van der Waals surface area contributed by atoms with Crippen molar-refractivity contribution in [2.24, 2.45) is 0 Å². The summed E-state index contributed by atoms with van der Waals surface area (Å²) in [6.45, 7) is 3.47. The molecule has 0 saturated carbocycles. The molecule has 0 fully saturated rings. The van der Waals surface area contributed by atoms with E-state index in [-0.39, 0.29) is 23.3 Å². The second kappa shape index (κ2) is 3.68. The van der Waals surface area contributed by atoms with E-state index in [2.05, 4.69) is 0 Å². The normalized spacial score (nSPS) is 19.8. The average Bonchev–Trinajstić information content (AvgIpc) is 2.23. The SMILES string of the molecule is CC(C)N1CC(=O)c2ccccc2S1(=O)=O. The smallest absolute Gasteiger partial charge is 0.244 e. The van der Waals surface area contributed by atoms with Crippen molar-refractivity contribution >= 4 is 15.8 Å². The number of hydrogen-bond acceptors (Lipinski definition) is 3. The standard InChI is InChI=1S/C11H13NO3S/c1-8(2)12-7-10(13)9-5-3-4-6-11(9)16(12,14)15/h3-6,8H,7H2,1-2H3. The molecule has 0 radical (unpaired) electrons. The first kappa shape index (κ1) is 11.3. The van der Waals surface area contributed by atoms with Crippen molar-refractivity contribution in [3.8, 4) is 0 Å². The van der Waals surface area contributed by atoms with E-state index in [9.17, 15) is 13.2 Å².